The van der Waals surface area contributed by atoms with Gasteiger partial charge in [0.05, 0.1) is 17.0 Å². The molecule has 4 aromatic rings. The maximum absolute atomic E-state index is 13.2. The Morgan fingerprint density at radius 2 is 1.77 bits per heavy atom. The Morgan fingerprint density at radius 3 is 2.45 bits per heavy atom. The van der Waals surface area contributed by atoms with Crippen molar-refractivity contribution in [2.24, 2.45) is 0 Å². The first-order valence-electron chi connectivity index (χ1n) is 9.84. The Balaban J connectivity index is 1.86. The molecule has 0 atom stereocenters. The topological polar surface area (TPSA) is 64.2 Å². The summed E-state index contributed by atoms with van der Waals surface area (Å²) in [4.78, 5) is 26.2. The van der Waals surface area contributed by atoms with E-state index in [0.29, 0.717) is 28.7 Å². The normalized spacial score (nSPS) is 10.8. The van der Waals surface area contributed by atoms with Crippen molar-refractivity contribution in [2.75, 3.05) is 5.32 Å². The summed E-state index contributed by atoms with van der Waals surface area (Å²) < 4.78 is 7.55. The van der Waals surface area contributed by atoms with Crippen LogP contribution in [0.25, 0.3) is 11.5 Å². The molecular formula is C25H21ClN2O3. The van der Waals surface area contributed by atoms with Crippen molar-refractivity contribution in [2.45, 2.75) is 20.4 Å². The average Bonchev–Trinajstić information content (AvgIpc) is 3.27. The van der Waals surface area contributed by atoms with Gasteiger partial charge in [-0.25, -0.2) is 0 Å². The number of anilines is 1. The van der Waals surface area contributed by atoms with E-state index >= 15 is 0 Å². The quantitative estimate of drug-likeness (QED) is 0.441. The van der Waals surface area contributed by atoms with Crippen LogP contribution >= 0.6 is 11.6 Å². The van der Waals surface area contributed by atoms with Crippen LogP contribution in [0, 0.1) is 13.8 Å². The lowest BCUT2D eigenvalue weighted by Gasteiger charge is -2.19. The van der Waals surface area contributed by atoms with E-state index in [2.05, 4.69) is 5.32 Å². The molecule has 156 valence electrons. The van der Waals surface area contributed by atoms with Gasteiger partial charge in [-0.1, -0.05) is 53.6 Å². The fraction of sp³-hybridized carbons (Fsp3) is 0.120. The van der Waals surface area contributed by atoms with Crippen molar-refractivity contribution in [1.82, 2.24) is 4.57 Å². The molecule has 2 aromatic heterocycles. The third kappa shape index (κ3) is 4.32. The number of nitrogens with zero attached hydrogens (tertiary/aromatic N) is 1. The van der Waals surface area contributed by atoms with Crippen molar-refractivity contribution in [3.63, 3.8) is 0 Å². The summed E-state index contributed by atoms with van der Waals surface area (Å²) in [5.41, 5.74) is 3.42. The first kappa shape index (κ1) is 20.7. The summed E-state index contributed by atoms with van der Waals surface area (Å²) in [7, 11) is 0. The number of rotatable bonds is 5. The second-order valence-corrected chi connectivity index (χ2v) is 7.76. The Labute approximate surface area is 184 Å². The van der Waals surface area contributed by atoms with Gasteiger partial charge in [-0.2, -0.15) is 0 Å². The van der Waals surface area contributed by atoms with Crippen molar-refractivity contribution in [3.05, 3.63) is 111 Å². The van der Waals surface area contributed by atoms with Gasteiger partial charge < -0.3 is 14.3 Å². The highest BCUT2D eigenvalue weighted by Crippen LogP contribution is 2.27. The second-order valence-electron chi connectivity index (χ2n) is 7.36. The standard InChI is InChI=1S/C25H21ClN2O3/c1-16-9-11-18(12-10-16)15-28-17(2)14-21(29)23(24(28)22-8-5-13-31-22)25(30)27-20-7-4-3-6-19(20)26/h3-14H,15H2,1-2H3,(H,27,30). The average molecular weight is 433 g/mol. The van der Waals surface area contributed by atoms with E-state index in [1.54, 1.807) is 36.4 Å². The fourth-order valence-electron chi connectivity index (χ4n) is 3.48. The number of halogens is 1. The van der Waals surface area contributed by atoms with Crippen LogP contribution in [0.5, 0.6) is 0 Å². The summed E-state index contributed by atoms with van der Waals surface area (Å²) in [6, 6.07) is 20.0. The number of hydrogen-bond acceptors (Lipinski definition) is 3. The molecule has 2 aromatic carbocycles. The molecule has 0 fully saturated rings. The Kier molecular flexibility index (Phi) is 5.78. The largest absolute Gasteiger partial charge is 0.463 e. The zero-order valence-electron chi connectivity index (χ0n) is 17.2. The molecule has 0 aliphatic rings. The molecule has 1 N–H and O–H groups in total. The monoisotopic (exact) mass is 432 g/mol. The highest BCUT2D eigenvalue weighted by molar-refractivity contribution is 6.34. The number of carbonyl (C=O) groups is 1. The Morgan fingerprint density at radius 1 is 1.03 bits per heavy atom. The lowest BCUT2D eigenvalue weighted by molar-refractivity contribution is 0.102. The molecule has 1 amide bonds. The van der Waals surface area contributed by atoms with Crippen LogP contribution in [0.15, 0.2) is 82.2 Å². The summed E-state index contributed by atoms with van der Waals surface area (Å²) in [5.74, 6) is -0.0978. The van der Waals surface area contributed by atoms with E-state index in [4.69, 9.17) is 16.0 Å². The molecule has 31 heavy (non-hydrogen) atoms. The minimum atomic E-state index is -0.540. The number of pyridine rings is 1. The van der Waals surface area contributed by atoms with Gasteiger partial charge in [-0.05, 0) is 43.7 Å². The molecule has 0 saturated carbocycles. The number of benzene rings is 2. The van der Waals surface area contributed by atoms with E-state index in [-0.39, 0.29) is 11.0 Å². The lowest BCUT2D eigenvalue weighted by Crippen LogP contribution is -2.27. The minimum absolute atomic E-state index is 0.00702. The number of carbonyl (C=O) groups excluding carboxylic acids is 1. The van der Waals surface area contributed by atoms with E-state index < -0.39 is 5.91 Å². The van der Waals surface area contributed by atoms with Gasteiger partial charge in [0.1, 0.15) is 11.3 Å². The highest BCUT2D eigenvalue weighted by atomic mass is 35.5. The number of nitrogens with one attached hydrogen (secondary N) is 1. The van der Waals surface area contributed by atoms with Crippen molar-refractivity contribution in [3.8, 4) is 11.5 Å². The van der Waals surface area contributed by atoms with E-state index in [1.165, 1.54) is 12.3 Å². The van der Waals surface area contributed by atoms with Crippen LogP contribution < -0.4 is 10.7 Å². The number of furan rings is 1. The number of hydrogen-bond donors (Lipinski definition) is 1. The number of para-hydroxylation sites is 1. The number of amides is 1. The number of aromatic nitrogens is 1. The van der Waals surface area contributed by atoms with Crippen molar-refractivity contribution >= 4 is 23.2 Å². The van der Waals surface area contributed by atoms with Gasteiger partial charge in [-0.3, -0.25) is 9.59 Å². The smallest absolute Gasteiger partial charge is 0.261 e. The zero-order valence-corrected chi connectivity index (χ0v) is 17.9. The molecule has 6 heteroatoms. The molecule has 2 heterocycles. The van der Waals surface area contributed by atoms with Gasteiger partial charge >= 0.3 is 0 Å². The second kappa shape index (κ2) is 8.66. The molecule has 0 aliphatic carbocycles. The predicted octanol–water partition coefficient (Wildman–Crippen LogP) is 5.68. The van der Waals surface area contributed by atoms with E-state index in [0.717, 1.165) is 16.8 Å². The zero-order chi connectivity index (χ0) is 22.0. The van der Waals surface area contributed by atoms with Crippen molar-refractivity contribution in [1.29, 1.82) is 0 Å². The maximum atomic E-state index is 13.2. The lowest BCUT2D eigenvalue weighted by atomic mass is 10.1. The Bertz CT molecular complexity index is 1290. The third-order valence-electron chi connectivity index (χ3n) is 5.08. The van der Waals surface area contributed by atoms with Crippen LogP contribution in [-0.4, -0.2) is 10.5 Å². The molecule has 0 spiro atoms. The van der Waals surface area contributed by atoms with E-state index in [1.807, 2.05) is 42.7 Å². The van der Waals surface area contributed by atoms with Gasteiger partial charge in [0.2, 0.25) is 0 Å². The summed E-state index contributed by atoms with van der Waals surface area (Å²) in [6.07, 6.45) is 1.52. The van der Waals surface area contributed by atoms with Crippen LogP contribution in [-0.2, 0) is 6.54 Å². The molecule has 4 rings (SSSR count). The highest BCUT2D eigenvalue weighted by Gasteiger charge is 2.24. The SMILES string of the molecule is Cc1ccc(Cn2c(C)cc(=O)c(C(=O)Nc3ccccc3Cl)c2-c2ccco2)cc1. The van der Waals surface area contributed by atoms with Gasteiger partial charge in [-0.15, -0.1) is 0 Å². The summed E-state index contributed by atoms with van der Waals surface area (Å²) in [5, 5.41) is 3.15. The first-order valence-corrected chi connectivity index (χ1v) is 10.2. The summed E-state index contributed by atoms with van der Waals surface area (Å²) in [6.45, 7) is 4.35. The van der Waals surface area contributed by atoms with Gasteiger partial charge in [0.15, 0.2) is 11.2 Å². The fourth-order valence-corrected chi connectivity index (χ4v) is 3.67. The van der Waals surface area contributed by atoms with Gasteiger partial charge in [0.25, 0.3) is 5.91 Å². The minimum Gasteiger partial charge on any atom is -0.463 e. The molecule has 0 unspecified atom stereocenters. The molecule has 5 nitrogen and oxygen atoms in total. The van der Waals surface area contributed by atoms with Gasteiger partial charge in [0, 0.05) is 18.3 Å². The third-order valence-corrected chi connectivity index (χ3v) is 5.41. The van der Waals surface area contributed by atoms with Crippen LogP contribution in [0.4, 0.5) is 5.69 Å². The Hall–Kier alpha value is -3.57. The first-order chi connectivity index (χ1) is 14.9. The number of aryl methyl sites for hydroxylation is 2. The molecule has 0 aliphatic heterocycles. The molecule has 0 bridgehead atoms. The molecule has 0 saturated heterocycles. The van der Waals surface area contributed by atoms with Crippen LogP contribution in [0.3, 0.4) is 0 Å². The van der Waals surface area contributed by atoms with Crippen molar-refractivity contribution < 1.29 is 9.21 Å². The molecular weight excluding hydrogens is 412 g/mol. The van der Waals surface area contributed by atoms with Crippen LogP contribution in [0.1, 0.15) is 27.2 Å². The summed E-state index contributed by atoms with van der Waals surface area (Å²) >= 11 is 6.19. The van der Waals surface area contributed by atoms with E-state index in [9.17, 15) is 9.59 Å². The predicted molar refractivity (Wildman–Crippen MR) is 123 cm³/mol. The molecule has 0 radical (unpaired) electrons. The van der Waals surface area contributed by atoms with Crippen LogP contribution in [0.2, 0.25) is 5.02 Å². The maximum Gasteiger partial charge on any atom is 0.261 e.